The van der Waals surface area contributed by atoms with Crippen molar-refractivity contribution >= 4 is 0 Å². The SMILES string of the molecule is CCCC(c1ccccc1)N1CC[C@@H](N=[N+]=[N-])[C@H](O)C1. The van der Waals surface area contributed by atoms with Gasteiger partial charge in [-0.15, -0.1) is 0 Å². The van der Waals surface area contributed by atoms with Gasteiger partial charge in [0, 0.05) is 17.5 Å². The first-order valence-electron chi connectivity index (χ1n) is 7.27. The van der Waals surface area contributed by atoms with E-state index in [1.165, 1.54) is 5.56 Å². The molecular formula is C15H22N4O. The van der Waals surface area contributed by atoms with E-state index in [0.29, 0.717) is 12.6 Å². The average Bonchev–Trinajstić information content (AvgIpc) is 2.48. The minimum absolute atomic E-state index is 0.283. The molecule has 5 nitrogen and oxygen atoms in total. The van der Waals surface area contributed by atoms with Crippen LogP contribution in [0.25, 0.3) is 10.4 Å². The molecule has 0 aromatic heterocycles. The van der Waals surface area contributed by atoms with Crippen LogP contribution < -0.4 is 0 Å². The number of rotatable bonds is 5. The number of aliphatic hydroxyl groups is 1. The van der Waals surface area contributed by atoms with Gasteiger partial charge in [-0.2, -0.15) is 0 Å². The fraction of sp³-hybridized carbons (Fsp3) is 0.600. The molecule has 5 heteroatoms. The molecule has 108 valence electrons. The number of benzene rings is 1. The van der Waals surface area contributed by atoms with Crippen molar-refractivity contribution in [1.82, 2.24) is 4.90 Å². The van der Waals surface area contributed by atoms with Gasteiger partial charge < -0.3 is 5.11 Å². The second kappa shape index (κ2) is 7.29. The van der Waals surface area contributed by atoms with Crippen LogP contribution in [0.15, 0.2) is 35.4 Å². The second-order valence-corrected chi connectivity index (χ2v) is 5.34. The molecular weight excluding hydrogens is 252 g/mol. The van der Waals surface area contributed by atoms with Crippen molar-refractivity contribution in [3.63, 3.8) is 0 Å². The van der Waals surface area contributed by atoms with Gasteiger partial charge in [0.25, 0.3) is 0 Å². The first kappa shape index (κ1) is 14.9. The van der Waals surface area contributed by atoms with Crippen molar-refractivity contribution in [1.29, 1.82) is 0 Å². The Morgan fingerprint density at radius 3 is 2.80 bits per heavy atom. The summed E-state index contributed by atoms with van der Waals surface area (Å²) in [6.45, 7) is 3.61. The molecule has 1 aliphatic rings. The summed E-state index contributed by atoms with van der Waals surface area (Å²) >= 11 is 0. The Labute approximate surface area is 119 Å². The molecule has 1 heterocycles. The van der Waals surface area contributed by atoms with Gasteiger partial charge in [0.2, 0.25) is 0 Å². The lowest BCUT2D eigenvalue weighted by molar-refractivity contribution is 0.0291. The molecule has 1 unspecified atom stereocenters. The average molecular weight is 274 g/mol. The molecule has 1 aromatic rings. The third-order valence-electron chi connectivity index (χ3n) is 3.96. The molecule has 1 aliphatic heterocycles. The smallest absolute Gasteiger partial charge is 0.0752 e. The van der Waals surface area contributed by atoms with Crippen LogP contribution in [0.4, 0.5) is 0 Å². The number of azide groups is 1. The standard InChI is InChI=1S/C15H22N4O/c1-2-6-14(12-7-4-3-5-8-12)19-10-9-13(17-18-16)15(20)11-19/h3-5,7-8,13-15,20H,2,6,9-11H2,1H3/t13-,14?,15-/m1/s1. The fourth-order valence-electron chi connectivity index (χ4n) is 2.94. The van der Waals surface area contributed by atoms with Crippen LogP contribution in [-0.4, -0.2) is 35.2 Å². The van der Waals surface area contributed by atoms with Gasteiger partial charge in [-0.3, -0.25) is 4.90 Å². The third-order valence-corrected chi connectivity index (χ3v) is 3.96. The van der Waals surface area contributed by atoms with E-state index in [1.54, 1.807) is 0 Å². The largest absolute Gasteiger partial charge is 0.391 e. The summed E-state index contributed by atoms with van der Waals surface area (Å²) in [7, 11) is 0. The number of aliphatic hydroxyl groups excluding tert-OH is 1. The molecule has 0 amide bonds. The van der Waals surface area contributed by atoms with Crippen LogP contribution >= 0.6 is 0 Å². The Balaban J connectivity index is 2.10. The van der Waals surface area contributed by atoms with Crippen LogP contribution in [-0.2, 0) is 0 Å². The summed E-state index contributed by atoms with van der Waals surface area (Å²) in [5, 5.41) is 13.8. The predicted molar refractivity (Wildman–Crippen MR) is 79.2 cm³/mol. The number of likely N-dealkylation sites (tertiary alicyclic amines) is 1. The zero-order valence-electron chi connectivity index (χ0n) is 11.9. The lowest BCUT2D eigenvalue weighted by atomic mass is 9.95. The van der Waals surface area contributed by atoms with Gasteiger partial charge in [-0.1, -0.05) is 48.8 Å². The highest BCUT2D eigenvalue weighted by atomic mass is 16.3. The van der Waals surface area contributed by atoms with E-state index in [9.17, 15) is 5.11 Å². The summed E-state index contributed by atoms with van der Waals surface area (Å²) in [6.07, 6.45) is 2.33. The van der Waals surface area contributed by atoms with Gasteiger partial charge in [-0.05, 0) is 30.5 Å². The predicted octanol–water partition coefficient (Wildman–Crippen LogP) is 3.27. The van der Waals surface area contributed by atoms with Crippen molar-refractivity contribution in [2.45, 2.75) is 44.4 Å². The monoisotopic (exact) mass is 274 g/mol. The van der Waals surface area contributed by atoms with Crippen LogP contribution in [0, 0.1) is 0 Å². The van der Waals surface area contributed by atoms with Crippen LogP contribution in [0.1, 0.15) is 37.8 Å². The second-order valence-electron chi connectivity index (χ2n) is 5.34. The Bertz CT molecular complexity index is 458. The van der Waals surface area contributed by atoms with E-state index in [2.05, 4.69) is 46.1 Å². The highest BCUT2D eigenvalue weighted by Gasteiger charge is 2.30. The molecule has 20 heavy (non-hydrogen) atoms. The Morgan fingerprint density at radius 1 is 1.45 bits per heavy atom. The first-order chi connectivity index (χ1) is 9.76. The highest BCUT2D eigenvalue weighted by molar-refractivity contribution is 5.19. The summed E-state index contributed by atoms with van der Waals surface area (Å²) in [5.41, 5.74) is 9.80. The van der Waals surface area contributed by atoms with Gasteiger partial charge >= 0.3 is 0 Å². The number of β-amino-alcohol motifs (C(OH)–C–C–N with tert-alkyl or cyclic N) is 1. The number of nitrogens with zero attached hydrogens (tertiary/aromatic N) is 4. The Hall–Kier alpha value is -1.55. The normalized spacial score (nSPS) is 24.9. The van der Waals surface area contributed by atoms with Gasteiger partial charge in [0.15, 0.2) is 0 Å². The molecule has 0 radical (unpaired) electrons. The van der Waals surface area contributed by atoms with E-state index < -0.39 is 6.10 Å². The van der Waals surface area contributed by atoms with Gasteiger partial charge in [0.1, 0.15) is 0 Å². The highest BCUT2D eigenvalue weighted by Crippen LogP contribution is 2.29. The minimum atomic E-state index is -0.567. The molecule has 0 aliphatic carbocycles. The quantitative estimate of drug-likeness (QED) is 0.508. The summed E-state index contributed by atoms with van der Waals surface area (Å²) in [6, 6.07) is 10.5. The maximum atomic E-state index is 10.1. The van der Waals surface area contributed by atoms with Gasteiger partial charge in [-0.25, -0.2) is 0 Å². The molecule has 3 atom stereocenters. The van der Waals surface area contributed by atoms with Crippen molar-refractivity contribution in [3.8, 4) is 0 Å². The summed E-state index contributed by atoms with van der Waals surface area (Å²) in [4.78, 5) is 5.13. The fourth-order valence-corrected chi connectivity index (χ4v) is 2.94. The Kier molecular flexibility index (Phi) is 5.41. The molecule has 1 N–H and O–H groups in total. The summed E-state index contributed by atoms with van der Waals surface area (Å²) in [5.74, 6) is 0. The first-order valence-corrected chi connectivity index (χ1v) is 7.27. The van der Waals surface area contributed by atoms with Crippen LogP contribution in [0.5, 0.6) is 0 Å². The minimum Gasteiger partial charge on any atom is -0.391 e. The van der Waals surface area contributed by atoms with Crippen molar-refractivity contribution in [2.24, 2.45) is 5.11 Å². The zero-order valence-corrected chi connectivity index (χ0v) is 11.9. The third kappa shape index (κ3) is 3.51. The molecule has 1 fully saturated rings. The molecule has 1 saturated heterocycles. The maximum Gasteiger partial charge on any atom is 0.0752 e. The molecule has 0 spiro atoms. The summed E-state index contributed by atoms with van der Waals surface area (Å²) < 4.78 is 0. The van der Waals surface area contributed by atoms with E-state index in [-0.39, 0.29) is 6.04 Å². The molecule has 0 saturated carbocycles. The topological polar surface area (TPSA) is 72.2 Å². The van der Waals surface area contributed by atoms with Crippen molar-refractivity contribution in [3.05, 3.63) is 46.3 Å². The zero-order chi connectivity index (χ0) is 14.4. The van der Waals surface area contributed by atoms with Crippen LogP contribution in [0.3, 0.4) is 0 Å². The lowest BCUT2D eigenvalue weighted by Crippen LogP contribution is -2.47. The number of piperidine rings is 1. The van der Waals surface area contributed by atoms with Crippen molar-refractivity contribution < 1.29 is 5.11 Å². The number of hydrogen-bond donors (Lipinski definition) is 1. The number of hydrogen-bond acceptors (Lipinski definition) is 3. The van der Waals surface area contributed by atoms with Gasteiger partial charge in [0.05, 0.1) is 12.1 Å². The maximum absolute atomic E-state index is 10.1. The van der Waals surface area contributed by atoms with Crippen molar-refractivity contribution in [2.75, 3.05) is 13.1 Å². The van der Waals surface area contributed by atoms with Crippen LogP contribution in [0.2, 0.25) is 0 Å². The van der Waals surface area contributed by atoms with E-state index in [0.717, 1.165) is 25.8 Å². The molecule has 2 rings (SSSR count). The Morgan fingerprint density at radius 2 is 2.20 bits per heavy atom. The lowest BCUT2D eigenvalue weighted by Gasteiger charge is -2.39. The van der Waals surface area contributed by atoms with E-state index in [1.807, 2.05) is 6.07 Å². The van der Waals surface area contributed by atoms with E-state index in [4.69, 9.17) is 5.53 Å². The molecule has 0 bridgehead atoms. The molecule has 1 aromatic carbocycles. The van der Waals surface area contributed by atoms with E-state index >= 15 is 0 Å².